The molecule has 1 N–H and O–H groups in total. The van der Waals surface area contributed by atoms with Gasteiger partial charge in [-0.05, 0) is 44.0 Å². The smallest absolute Gasteiger partial charge is 0.305 e. The number of carboxylic acids is 1. The largest absolute Gasteiger partial charge is 0.497 e. The van der Waals surface area contributed by atoms with Crippen LogP contribution in [0.4, 0.5) is 0 Å². The number of rotatable bonds is 7. The topological polar surface area (TPSA) is 79.7 Å². The van der Waals surface area contributed by atoms with E-state index in [1.807, 2.05) is 31.2 Å². The van der Waals surface area contributed by atoms with E-state index in [0.29, 0.717) is 23.8 Å². The maximum Gasteiger partial charge on any atom is 0.305 e. The Balaban J connectivity index is 2.04. The predicted molar refractivity (Wildman–Crippen MR) is 94.1 cm³/mol. The molecule has 6 heteroatoms. The second-order valence-corrected chi connectivity index (χ2v) is 6.28. The zero-order valence-corrected chi connectivity index (χ0v) is 14.5. The van der Waals surface area contributed by atoms with Crippen molar-refractivity contribution < 1.29 is 19.4 Å². The second-order valence-electron chi connectivity index (χ2n) is 6.28. The van der Waals surface area contributed by atoms with Gasteiger partial charge < -0.3 is 14.7 Å². The SMILES string of the molecule is CCN(CCC(=O)O)C(=O)c1cc(C2CC2)nc2ccc(OC)cc12. The number of amides is 1. The third-order valence-electron chi connectivity index (χ3n) is 4.53. The molecule has 2 aromatic rings. The molecular weight excluding hydrogens is 320 g/mol. The number of aromatic nitrogens is 1. The summed E-state index contributed by atoms with van der Waals surface area (Å²) in [6, 6.07) is 7.38. The van der Waals surface area contributed by atoms with Crippen molar-refractivity contribution in [2.45, 2.75) is 32.1 Å². The molecule has 1 aromatic carbocycles. The van der Waals surface area contributed by atoms with Gasteiger partial charge in [-0.15, -0.1) is 0 Å². The molecule has 0 saturated heterocycles. The highest BCUT2D eigenvalue weighted by Gasteiger charge is 2.28. The highest BCUT2D eigenvalue weighted by molar-refractivity contribution is 6.06. The summed E-state index contributed by atoms with van der Waals surface area (Å²) in [5.74, 6) is 0.0146. The van der Waals surface area contributed by atoms with Crippen LogP contribution in [0.2, 0.25) is 0 Å². The van der Waals surface area contributed by atoms with E-state index in [2.05, 4.69) is 0 Å². The van der Waals surface area contributed by atoms with E-state index in [-0.39, 0.29) is 18.9 Å². The number of nitrogens with zero attached hydrogens (tertiary/aromatic N) is 2. The number of hydrogen-bond donors (Lipinski definition) is 1. The summed E-state index contributed by atoms with van der Waals surface area (Å²) in [5, 5.41) is 9.65. The predicted octanol–water partition coefficient (Wildman–Crippen LogP) is 3.06. The summed E-state index contributed by atoms with van der Waals surface area (Å²) < 4.78 is 5.28. The lowest BCUT2D eigenvalue weighted by molar-refractivity contribution is -0.137. The number of benzene rings is 1. The van der Waals surface area contributed by atoms with Crippen LogP contribution >= 0.6 is 0 Å². The number of hydrogen-bond acceptors (Lipinski definition) is 4. The molecule has 25 heavy (non-hydrogen) atoms. The Morgan fingerprint density at radius 3 is 2.68 bits per heavy atom. The second kappa shape index (κ2) is 7.09. The number of carbonyl (C=O) groups excluding carboxylic acids is 1. The minimum atomic E-state index is -0.911. The molecule has 0 atom stereocenters. The lowest BCUT2D eigenvalue weighted by atomic mass is 10.0. The summed E-state index contributed by atoms with van der Waals surface area (Å²) in [6.45, 7) is 2.50. The van der Waals surface area contributed by atoms with Gasteiger partial charge >= 0.3 is 5.97 Å². The average Bonchev–Trinajstić information content (AvgIpc) is 3.45. The molecule has 0 radical (unpaired) electrons. The summed E-state index contributed by atoms with van der Waals surface area (Å²) in [7, 11) is 1.58. The van der Waals surface area contributed by atoms with E-state index in [1.165, 1.54) is 0 Å². The number of aliphatic carboxylic acids is 1. The van der Waals surface area contributed by atoms with Gasteiger partial charge in [0.05, 0.1) is 24.6 Å². The van der Waals surface area contributed by atoms with Gasteiger partial charge in [0, 0.05) is 30.1 Å². The fraction of sp³-hybridized carbons (Fsp3) is 0.421. The van der Waals surface area contributed by atoms with E-state index in [0.717, 1.165) is 29.4 Å². The zero-order valence-electron chi connectivity index (χ0n) is 14.5. The van der Waals surface area contributed by atoms with E-state index in [4.69, 9.17) is 14.8 Å². The van der Waals surface area contributed by atoms with Crippen molar-refractivity contribution in [2.75, 3.05) is 20.2 Å². The number of ether oxygens (including phenoxy) is 1. The molecule has 6 nitrogen and oxygen atoms in total. The Kier molecular flexibility index (Phi) is 4.88. The van der Waals surface area contributed by atoms with Crippen molar-refractivity contribution >= 4 is 22.8 Å². The standard InChI is InChI=1S/C19H22N2O4/c1-3-21(9-8-18(22)23)19(24)15-11-17(12-4-5-12)20-16-7-6-13(25-2)10-14(15)16/h6-7,10-12H,3-5,8-9H2,1-2H3,(H,22,23). The third kappa shape index (κ3) is 3.73. The molecule has 1 aromatic heterocycles. The van der Waals surface area contributed by atoms with Crippen molar-refractivity contribution in [3.63, 3.8) is 0 Å². The van der Waals surface area contributed by atoms with Crippen molar-refractivity contribution in [1.82, 2.24) is 9.88 Å². The van der Waals surface area contributed by atoms with Gasteiger partial charge in [-0.2, -0.15) is 0 Å². The van der Waals surface area contributed by atoms with Gasteiger partial charge in [-0.3, -0.25) is 14.6 Å². The highest BCUT2D eigenvalue weighted by Crippen LogP contribution is 2.40. The lowest BCUT2D eigenvalue weighted by Crippen LogP contribution is -2.33. The van der Waals surface area contributed by atoms with Crippen molar-refractivity contribution in [2.24, 2.45) is 0 Å². The fourth-order valence-electron chi connectivity index (χ4n) is 2.92. The number of carboxylic acid groups (broad SMARTS) is 1. The van der Waals surface area contributed by atoms with E-state index in [9.17, 15) is 9.59 Å². The lowest BCUT2D eigenvalue weighted by Gasteiger charge is -2.21. The first-order valence-electron chi connectivity index (χ1n) is 8.53. The van der Waals surface area contributed by atoms with Crippen LogP contribution in [0.1, 0.15) is 48.2 Å². The Morgan fingerprint density at radius 2 is 2.08 bits per heavy atom. The molecule has 3 rings (SSSR count). The molecule has 1 amide bonds. The highest BCUT2D eigenvalue weighted by atomic mass is 16.5. The van der Waals surface area contributed by atoms with Crippen molar-refractivity contribution in [3.05, 3.63) is 35.5 Å². The van der Waals surface area contributed by atoms with Crippen LogP contribution < -0.4 is 4.74 Å². The number of methoxy groups -OCH3 is 1. The van der Waals surface area contributed by atoms with Gasteiger partial charge in [0.25, 0.3) is 5.91 Å². The Bertz CT molecular complexity index is 814. The van der Waals surface area contributed by atoms with Crippen LogP contribution in [-0.4, -0.2) is 47.1 Å². The fourth-order valence-corrected chi connectivity index (χ4v) is 2.92. The van der Waals surface area contributed by atoms with Crippen LogP contribution in [0.25, 0.3) is 10.9 Å². The monoisotopic (exact) mass is 342 g/mol. The molecule has 0 bridgehead atoms. The normalized spacial score (nSPS) is 13.7. The third-order valence-corrected chi connectivity index (χ3v) is 4.53. The Morgan fingerprint density at radius 1 is 1.32 bits per heavy atom. The van der Waals surface area contributed by atoms with Gasteiger partial charge in [-0.1, -0.05) is 0 Å². The molecule has 0 unspecified atom stereocenters. The molecule has 1 aliphatic carbocycles. The summed E-state index contributed by atoms with van der Waals surface area (Å²) in [5.41, 5.74) is 2.27. The minimum absolute atomic E-state index is 0.0681. The molecule has 1 heterocycles. The molecule has 0 spiro atoms. The van der Waals surface area contributed by atoms with Gasteiger partial charge in [-0.25, -0.2) is 0 Å². The van der Waals surface area contributed by atoms with Crippen LogP contribution in [-0.2, 0) is 4.79 Å². The first-order chi connectivity index (χ1) is 12.0. The molecule has 1 saturated carbocycles. The van der Waals surface area contributed by atoms with Gasteiger partial charge in [0.2, 0.25) is 0 Å². The molecule has 1 fully saturated rings. The van der Waals surface area contributed by atoms with E-state index >= 15 is 0 Å². The zero-order chi connectivity index (χ0) is 18.0. The molecular formula is C19H22N2O4. The van der Waals surface area contributed by atoms with E-state index in [1.54, 1.807) is 12.0 Å². The summed E-state index contributed by atoms with van der Waals surface area (Å²) in [4.78, 5) is 30.2. The molecule has 0 aliphatic heterocycles. The van der Waals surface area contributed by atoms with Crippen molar-refractivity contribution in [3.8, 4) is 5.75 Å². The van der Waals surface area contributed by atoms with Crippen LogP contribution in [0.3, 0.4) is 0 Å². The minimum Gasteiger partial charge on any atom is -0.497 e. The maximum absolute atomic E-state index is 13.1. The first-order valence-corrected chi connectivity index (χ1v) is 8.53. The molecule has 132 valence electrons. The van der Waals surface area contributed by atoms with Crippen LogP contribution in [0.15, 0.2) is 24.3 Å². The van der Waals surface area contributed by atoms with Crippen molar-refractivity contribution in [1.29, 1.82) is 0 Å². The Labute approximate surface area is 146 Å². The quantitative estimate of drug-likeness (QED) is 0.836. The van der Waals surface area contributed by atoms with Gasteiger partial charge in [0.15, 0.2) is 0 Å². The number of fused-ring (bicyclic) bond motifs is 1. The van der Waals surface area contributed by atoms with Crippen LogP contribution in [0.5, 0.6) is 5.75 Å². The van der Waals surface area contributed by atoms with E-state index < -0.39 is 5.97 Å². The number of pyridine rings is 1. The number of carbonyl (C=O) groups is 2. The maximum atomic E-state index is 13.1. The summed E-state index contributed by atoms with van der Waals surface area (Å²) in [6.07, 6.45) is 2.12. The van der Waals surface area contributed by atoms with Gasteiger partial charge in [0.1, 0.15) is 5.75 Å². The Hall–Kier alpha value is -2.63. The average molecular weight is 342 g/mol. The first kappa shape index (κ1) is 17.2. The molecule has 1 aliphatic rings. The van der Waals surface area contributed by atoms with Crippen LogP contribution in [0, 0.1) is 0 Å². The summed E-state index contributed by atoms with van der Waals surface area (Å²) >= 11 is 0.